The van der Waals surface area contributed by atoms with Gasteiger partial charge in [0, 0.05) is 77.7 Å². The highest BCUT2D eigenvalue weighted by atomic mass is 14.8. The second-order valence-corrected chi connectivity index (χ2v) is 27.5. The number of pyridine rings is 7. The van der Waals surface area contributed by atoms with Crippen LogP contribution in [-0.4, -0.2) is 34.9 Å². The van der Waals surface area contributed by atoms with Crippen molar-refractivity contribution in [3.8, 4) is 146 Å². The fraction of sp³-hybridized carbons (Fsp3) is 0. The summed E-state index contributed by atoms with van der Waals surface area (Å²) in [6.07, 6.45) is 3.61. The van der Waals surface area contributed by atoms with Gasteiger partial charge in [0.25, 0.3) is 0 Å². The molecule has 13 aromatic carbocycles. The van der Waals surface area contributed by atoms with Gasteiger partial charge in [-0.1, -0.05) is 291 Å². The second-order valence-electron chi connectivity index (χ2n) is 27.5. The number of benzene rings is 13. The maximum atomic E-state index is 5.70. The molecule has 7 heterocycles. The molecule has 0 aliphatic carbocycles. The van der Waals surface area contributed by atoms with Gasteiger partial charge in [-0.15, -0.1) is 0 Å². The first-order chi connectivity index (χ1) is 53.5. The van der Waals surface area contributed by atoms with Crippen molar-refractivity contribution < 1.29 is 0 Å². The highest BCUT2D eigenvalue weighted by Gasteiger charge is 2.21. The lowest BCUT2D eigenvalue weighted by atomic mass is 9.90. The van der Waals surface area contributed by atoms with E-state index in [0.29, 0.717) is 0 Å². The van der Waals surface area contributed by atoms with E-state index in [9.17, 15) is 0 Å². The summed E-state index contributed by atoms with van der Waals surface area (Å²) >= 11 is 0. The first-order valence-electron chi connectivity index (χ1n) is 36.5. The average Bonchev–Trinajstić information content (AvgIpc) is 0.744. The third-order valence-corrected chi connectivity index (χ3v) is 20.9. The highest BCUT2D eigenvalue weighted by Crippen LogP contribution is 2.45. The molecule has 7 aromatic heterocycles. The molecule has 0 fully saturated rings. The Bertz CT molecular complexity index is 6820. The molecule has 0 aliphatic heterocycles. The Kier molecular flexibility index (Phi) is 15.8. The van der Waals surface area contributed by atoms with Crippen LogP contribution >= 0.6 is 0 Å². The molecule has 0 atom stereocenters. The zero-order valence-electron chi connectivity index (χ0n) is 58.5. The summed E-state index contributed by atoms with van der Waals surface area (Å²) < 4.78 is 0. The van der Waals surface area contributed by atoms with Crippen molar-refractivity contribution in [3.05, 3.63) is 382 Å². The van der Waals surface area contributed by atoms with E-state index in [-0.39, 0.29) is 0 Å². The maximum absolute atomic E-state index is 5.70. The van der Waals surface area contributed by atoms with Gasteiger partial charge in [0.05, 0.1) is 67.6 Å². The van der Waals surface area contributed by atoms with Crippen LogP contribution in [0.1, 0.15) is 0 Å². The molecule has 0 spiro atoms. The van der Waals surface area contributed by atoms with Gasteiger partial charge < -0.3 is 0 Å². The van der Waals surface area contributed by atoms with Crippen LogP contribution in [0.3, 0.4) is 0 Å². The minimum Gasteiger partial charge on any atom is -0.255 e. The van der Waals surface area contributed by atoms with Gasteiger partial charge in [0.2, 0.25) is 0 Å². The molecule has 20 rings (SSSR count). The largest absolute Gasteiger partial charge is 0.255 e. The van der Waals surface area contributed by atoms with E-state index >= 15 is 0 Å². The van der Waals surface area contributed by atoms with Crippen LogP contribution in [0, 0.1) is 0 Å². The van der Waals surface area contributed by atoms with Gasteiger partial charge in [0.1, 0.15) is 0 Å². The first kappa shape index (κ1) is 63.2. The van der Waals surface area contributed by atoms with E-state index in [0.717, 1.165) is 200 Å². The minimum absolute atomic E-state index is 0.788. The molecule has 0 N–H and O–H groups in total. The molecule has 0 saturated heterocycles. The topological polar surface area (TPSA) is 90.2 Å². The van der Waals surface area contributed by atoms with E-state index in [4.69, 9.17) is 24.9 Å². The van der Waals surface area contributed by atoms with Crippen molar-refractivity contribution in [2.75, 3.05) is 0 Å². The summed E-state index contributed by atoms with van der Waals surface area (Å²) in [4.78, 5) is 36.2. The van der Waals surface area contributed by atoms with E-state index < -0.39 is 0 Å². The third-order valence-electron chi connectivity index (χ3n) is 20.9. The van der Waals surface area contributed by atoms with E-state index in [1.54, 1.807) is 12.4 Å². The van der Waals surface area contributed by atoms with Crippen molar-refractivity contribution in [3.63, 3.8) is 0 Å². The quantitative estimate of drug-likeness (QED) is 0.106. The second kappa shape index (κ2) is 26.9. The summed E-state index contributed by atoms with van der Waals surface area (Å²) in [6.45, 7) is 0. The van der Waals surface area contributed by atoms with E-state index in [1.165, 1.54) is 11.1 Å². The SMILES string of the molecule is c1ccc(-c2cccc(-c3cccc4c(-c5cccc(-c6ccc(-c7cccc(-c8cccc9c(-c%10ccccc%10)nc%10cc(-c%11ccc%12ccc%13ccc(-c%14ccccc%14)nc%13c%12n%11)ccc%10c89)c7)cc6)c5)nc5cc(-c6ccc(-c7cc(-c8ccccn8)nc(-c8ccccn8)c7)cc6)ccc5c34)c2)cc1. The summed E-state index contributed by atoms with van der Waals surface area (Å²) in [5.74, 6) is 0. The number of aromatic nitrogens is 7. The molecule has 108 heavy (non-hydrogen) atoms. The van der Waals surface area contributed by atoms with Gasteiger partial charge in [-0.2, -0.15) is 0 Å². The smallest absolute Gasteiger partial charge is 0.0972 e. The fourth-order valence-electron chi connectivity index (χ4n) is 15.6. The van der Waals surface area contributed by atoms with Crippen molar-refractivity contribution in [2.45, 2.75) is 0 Å². The Morgan fingerprint density at radius 3 is 1.03 bits per heavy atom. The van der Waals surface area contributed by atoms with Gasteiger partial charge in [-0.05, 0) is 157 Å². The summed E-state index contributed by atoms with van der Waals surface area (Å²) in [6, 6.07) is 132. The van der Waals surface area contributed by atoms with Crippen molar-refractivity contribution in [2.24, 2.45) is 0 Å². The van der Waals surface area contributed by atoms with Gasteiger partial charge in [-0.25, -0.2) is 24.9 Å². The van der Waals surface area contributed by atoms with Gasteiger partial charge in [-0.3, -0.25) is 9.97 Å². The molecular weight excluding hydrogens is 1310 g/mol. The van der Waals surface area contributed by atoms with Gasteiger partial charge in [0.15, 0.2) is 0 Å². The molecule has 7 nitrogen and oxygen atoms in total. The number of hydrogen-bond donors (Lipinski definition) is 0. The Balaban J connectivity index is 0.650. The summed E-state index contributed by atoms with van der Waals surface area (Å²) in [5, 5.41) is 8.74. The molecule has 20 aromatic rings. The minimum atomic E-state index is 0.788. The molecule has 0 aliphatic rings. The summed E-state index contributed by atoms with van der Waals surface area (Å²) in [7, 11) is 0. The standard InChI is InChI=1S/C101H63N7/c1-4-19-64(20-5-1)73-25-14-28-77(57-73)83-32-18-34-87-97(83)84-51-47-76(67-41-43-68(44-42-67)81-62-94(90-35-10-12-55-102-90)104-95(63-81)91-36-11-13-56-103-91)60-92(84)108-99(87)80-30-16-27-75(59-80)66-39-37-65(38-40-66)74-26-15-29-78(58-74)82-31-17-33-86-96(82)85-52-48-79(61-93(85)107-98(86)70-23-8-3-9-24-70)89-54-50-72-46-45-71-49-53-88(69-21-6-2-7-22-69)105-100(71)101(72)106-89/h1-63H. The lowest BCUT2D eigenvalue weighted by molar-refractivity contribution is 1.22. The predicted molar refractivity (Wildman–Crippen MR) is 447 cm³/mol. The molecule has 0 unspecified atom stereocenters. The molecule has 0 amide bonds. The normalized spacial score (nSPS) is 11.5. The molecule has 502 valence electrons. The average molecular weight is 1370 g/mol. The monoisotopic (exact) mass is 1370 g/mol. The first-order valence-corrected chi connectivity index (χ1v) is 36.5. The molecule has 0 bridgehead atoms. The highest BCUT2D eigenvalue weighted by molar-refractivity contribution is 6.19. The fourth-order valence-corrected chi connectivity index (χ4v) is 15.6. The van der Waals surface area contributed by atoms with Crippen molar-refractivity contribution in [1.82, 2.24) is 34.9 Å². The molecule has 0 saturated carbocycles. The van der Waals surface area contributed by atoms with E-state index in [1.807, 2.05) is 42.5 Å². The number of fused-ring (bicyclic) bond motifs is 9. The lowest BCUT2D eigenvalue weighted by Gasteiger charge is -2.16. The van der Waals surface area contributed by atoms with Crippen LogP contribution in [0.15, 0.2) is 382 Å². The van der Waals surface area contributed by atoms with Gasteiger partial charge >= 0.3 is 0 Å². The Morgan fingerprint density at radius 1 is 0.167 bits per heavy atom. The van der Waals surface area contributed by atoms with Crippen LogP contribution in [0.5, 0.6) is 0 Å². The number of hydrogen-bond acceptors (Lipinski definition) is 7. The lowest BCUT2D eigenvalue weighted by Crippen LogP contribution is -1.94. The van der Waals surface area contributed by atoms with Crippen LogP contribution in [-0.2, 0) is 0 Å². The van der Waals surface area contributed by atoms with Crippen LogP contribution in [0.4, 0.5) is 0 Å². The Hall–Kier alpha value is -14.5. The Morgan fingerprint density at radius 2 is 0.528 bits per heavy atom. The number of rotatable bonds is 13. The zero-order chi connectivity index (χ0) is 71.4. The molecule has 7 heteroatoms. The third kappa shape index (κ3) is 11.7. The van der Waals surface area contributed by atoms with Crippen LogP contribution in [0.2, 0.25) is 0 Å². The summed E-state index contributed by atoms with van der Waals surface area (Å²) in [5.41, 5.74) is 30.1. The molecular formula is C101H63N7. The zero-order valence-corrected chi connectivity index (χ0v) is 58.5. The van der Waals surface area contributed by atoms with Crippen molar-refractivity contribution >= 4 is 65.2 Å². The number of nitrogens with zero attached hydrogens (tertiary/aromatic N) is 7. The van der Waals surface area contributed by atoms with Crippen molar-refractivity contribution in [1.29, 1.82) is 0 Å². The van der Waals surface area contributed by atoms with Crippen LogP contribution in [0.25, 0.3) is 211 Å². The van der Waals surface area contributed by atoms with Crippen LogP contribution < -0.4 is 0 Å². The Labute approximate surface area is 624 Å². The molecule has 0 radical (unpaired) electrons. The maximum Gasteiger partial charge on any atom is 0.0972 e. The van der Waals surface area contributed by atoms with E-state index in [2.05, 4.69) is 338 Å². The predicted octanol–water partition coefficient (Wildman–Crippen LogP) is 26.0.